The van der Waals surface area contributed by atoms with Crippen molar-refractivity contribution in [2.75, 3.05) is 13.2 Å². The fraction of sp³-hybridized carbons (Fsp3) is 0.556. The molecule has 1 aromatic rings. The highest BCUT2D eigenvalue weighted by Crippen LogP contribution is 2.17. The summed E-state index contributed by atoms with van der Waals surface area (Å²) in [7, 11) is 0. The maximum Gasteiger partial charge on any atom is 0.216 e. The van der Waals surface area contributed by atoms with E-state index in [0.717, 1.165) is 10.6 Å². The van der Waals surface area contributed by atoms with Crippen molar-refractivity contribution in [2.24, 2.45) is 5.73 Å². The molecule has 1 rings (SSSR count). The second-order valence-electron chi connectivity index (χ2n) is 2.79. The van der Waals surface area contributed by atoms with Crippen LogP contribution >= 0.6 is 11.3 Å². The number of nitrogens with zero attached hydrogens (tertiary/aromatic N) is 1. The Labute approximate surface area is 87.1 Å². The van der Waals surface area contributed by atoms with Crippen LogP contribution in [-0.2, 0) is 11.3 Å². The summed E-state index contributed by atoms with van der Waals surface area (Å²) in [5.41, 5.74) is 6.34. The minimum Gasteiger partial charge on any atom is -0.373 e. The second kappa shape index (κ2) is 5.19. The van der Waals surface area contributed by atoms with Crippen molar-refractivity contribution >= 4 is 17.1 Å². The standard InChI is InChI=1S/C9H14N2O2S/c1-3-13-5-7(12)9-11-6(2)8(4-10)14-9/h3-5,10H2,1-2H3. The molecule has 0 spiro atoms. The van der Waals surface area contributed by atoms with Gasteiger partial charge in [-0.2, -0.15) is 0 Å². The number of aryl methyl sites for hydroxylation is 1. The number of hydrogen-bond donors (Lipinski definition) is 1. The fourth-order valence-electron chi connectivity index (χ4n) is 0.993. The van der Waals surface area contributed by atoms with E-state index in [1.54, 1.807) is 0 Å². The maximum atomic E-state index is 11.5. The van der Waals surface area contributed by atoms with Crippen LogP contribution in [0.3, 0.4) is 0 Å². The Morgan fingerprint density at radius 2 is 2.36 bits per heavy atom. The summed E-state index contributed by atoms with van der Waals surface area (Å²) in [4.78, 5) is 16.6. The van der Waals surface area contributed by atoms with E-state index >= 15 is 0 Å². The molecular weight excluding hydrogens is 200 g/mol. The van der Waals surface area contributed by atoms with Crippen LogP contribution in [0.5, 0.6) is 0 Å². The molecule has 4 nitrogen and oxygen atoms in total. The van der Waals surface area contributed by atoms with Crippen LogP contribution in [0.25, 0.3) is 0 Å². The van der Waals surface area contributed by atoms with E-state index in [4.69, 9.17) is 10.5 Å². The lowest BCUT2D eigenvalue weighted by atomic mass is 10.4. The summed E-state index contributed by atoms with van der Waals surface area (Å²) in [6.45, 7) is 4.79. The van der Waals surface area contributed by atoms with Gasteiger partial charge >= 0.3 is 0 Å². The Hall–Kier alpha value is -0.780. The van der Waals surface area contributed by atoms with Crippen LogP contribution in [0, 0.1) is 6.92 Å². The Kier molecular flexibility index (Phi) is 4.19. The molecule has 0 radical (unpaired) electrons. The molecule has 0 saturated heterocycles. The van der Waals surface area contributed by atoms with E-state index in [1.807, 2.05) is 13.8 Å². The van der Waals surface area contributed by atoms with E-state index in [1.165, 1.54) is 11.3 Å². The number of carbonyl (C=O) groups is 1. The lowest BCUT2D eigenvalue weighted by Gasteiger charge is -1.95. The molecule has 5 heteroatoms. The summed E-state index contributed by atoms with van der Waals surface area (Å²) in [5, 5.41) is 0.497. The largest absolute Gasteiger partial charge is 0.373 e. The molecule has 0 fully saturated rings. The average molecular weight is 214 g/mol. The third-order valence-corrected chi connectivity index (χ3v) is 2.97. The van der Waals surface area contributed by atoms with E-state index in [0.29, 0.717) is 18.2 Å². The van der Waals surface area contributed by atoms with Crippen LogP contribution < -0.4 is 5.73 Å². The number of ether oxygens (including phenoxy) is 1. The molecule has 1 heterocycles. The number of hydrogen-bond acceptors (Lipinski definition) is 5. The molecule has 2 N–H and O–H groups in total. The molecule has 0 aromatic carbocycles. The SMILES string of the molecule is CCOCC(=O)c1nc(C)c(CN)s1. The van der Waals surface area contributed by atoms with E-state index in [2.05, 4.69) is 4.98 Å². The maximum absolute atomic E-state index is 11.5. The molecule has 0 amide bonds. The number of rotatable bonds is 5. The van der Waals surface area contributed by atoms with Crippen molar-refractivity contribution in [3.8, 4) is 0 Å². The summed E-state index contributed by atoms with van der Waals surface area (Å²) >= 11 is 1.35. The number of nitrogens with two attached hydrogens (primary N) is 1. The second-order valence-corrected chi connectivity index (χ2v) is 3.88. The van der Waals surface area contributed by atoms with Gasteiger partial charge < -0.3 is 10.5 Å². The minimum absolute atomic E-state index is 0.0698. The predicted molar refractivity (Wildman–Crippen MR) is 55.6 cm³/mol. The van der Waals surface area contributed by atoms with Gasteiger partial charge in [0.1, 0.15) is 6.61 Å². The lowest BCUT2D eigenvalue weighted by Crippen LogP contribution is -2.08. The monoisotopic (exact) mass is 214 g/mol. The molecule has 0 atom stereocenters. The number of aromatic nitrogens is 1. The first-order chi connectivity index (χ1) is 6.69. The Balaban J connectivity index is 2.70. The van der Waals surface area contributed by atoms with Gasteiger partial charge in [-0.3, -0.25) is 4.79 Å². The quantitative estimate of drug-likeness (QED) is 0.746. The molecule has 0 aliphatic rings. The van der Waals surface area contributed by atoms with E-state index < -0.39 is 0 Å². The Bertz CT molecular complexity index is 323. The van der Waals surface area contributed by atoms with Crippen molar-refractivity contribution in [2.45, 2.75) is 20.4 Å². The van der Waals surface area contributed by atoms with Gasteiger partial charge in [0.25, 0.3) is 0 Å². The van der Waals surface area contributed by atoms with Gasteiger partial charge in [-0.25, -0.2) is 4.98 Å². The third-order valence-electron chi connectivity index (χ3n) is 1.75. The number of ketones is 1. The lowest BCUT2D eigenvalue weighted by molar-refractivity contribution is 0.0783. The van der Waals surface area contributed by atoms with Gasteiger partial charge in [0, 0.05) is 18.0 Å². The van der Waals surface area contributed by atoms with Crippen molar-refractivity contribution < 1.29 is 9.53 Å². The van der Waals surface area contributed by atoms with Gasteiger partial charge in [-0.05, 0) is 13.8 Å². The van der Waals surface area contributed by atoms with Crippen LogP contribution in [-0.4, -0.2) is 24.0 Å². The van der Waals surface area contributed by atoms with E-state index in [9.17, 15) is 4.79 Å². The van der Waals surface area contributed by atoms with Crippen molar-refractivity contribution in [1.29, 1.82) is 0 Å². The highest BCUT2D eigenvalue weighted by Gasteiger charge is 2.13. The number of Topliss-reactive ketones (excluding diaryl/α,β-unsaturated/α-hetero) is 1. The molecule has 0 bridgehead atoms. The molecule has 0 unspecified atom stereocenters. The zero-order chi connectivity index (χ0) is 10.6. The number of carbonyl (C=O) groups excluding carboxylic acids is 1. The zero-order valence-electron chi connectivity index (χ0n) is 8.37. The number of thiazole rings is 1. The summed E-state index contributed by atoms with van der Waals surface area (Å²) in [6.07, 6.45) is 0. The third kappa shape index (κ3) is 2.60. The highest BCUT2D eigenvalue weighted by molar-refractivity contribution is 7.13. The predicted octanol–water partition coefficient (Wildman–Crippen LogP) is 1.13. The molecule has 78 valence electrons. The molecule has 1 aromatic heterocycles. The molecule has 14 heavy (non-hydrogen) atoms. The fourth-order valence-corrected chi connectivity index (χ4v) is 1.86. The minimum atomic E-state index is -0.0698. The topological polar surface area (TPSA) is 65.2 Å². The first-order valence-electron chi connectivity index (χ1n) is 4.46. The summed E-state index contributed by atoms with van der Waals surface area (Å²) in [6, 6.07) is 0. The average Bonchev–Trinajstić information content (AvgIpc) is 2.56. The summed E-state index contributed by atoms with van der Waals surface area (Å²) in [5.74, 6) is -0.0698. The van der Waals surface area contributed by atoms with Gasteiger partial charge in [0.05, 0.1) is 5.69 Å². The van der Waals surface area contributed by atoms with Crippen LogP contribution in [0.1, 0.15) is 27.3 Å². The van der Waals surface area contributed by atoms with Gasteiger partial charge in [-0.1, -0.05) is 0 Å². The zero-order valence-corrected chi connectivity index (χ0v) is 9.19. The van der Waals surface area contributed by atoms with Crippen LogP contribution in [0.4, 0.5) is 0 Å². The Morgan fingerprint density at radius 1 is 1.64 bits per heavy atom. The van der Waals surface area contributed by atoms with Crippen molar-refractivity contribution in [3.63, 3.8) is 0 Å². The van der Waals surface area contributed by atoms with Crippen LogP contribution in [0.15, 0.2) is 0 Å². The van der Waals surface area contributed by atoms with Gasteiger partial charge in [0.15, 0.2) is 5.01 Å². The molecular formula is C9H14N2O2S. The first-order valence-corrected chi connectivity index (χ1v) is 5.28. The molecule has 0 aliphatic carbocycles. The molecule has 0 aliphatic heterocycles. The molecule has 0 saturated carbocycles. The normalized spacial score (nSPS) is 10.5. The Morgan fingerprint density at radius 3 is 2.86 bits per heavy atom. The van der Waals surface area contributed by atoms with Crippen molar-refractivity contribution in [1.82, 2.24) is 4.98 Å². The summed E-state index contributed by atoms with van der Waals surface area (Å²) < 4.78 is 5.02. The highest BCUT2D eigenvalue weighted by atomic mass is 32.1. The van der Waals surface area contributed by atoms with Gasteiger partial charge in [-0.15, -0.1) is 11.3 Å². The van der Waals surface area contributed by atoms with Crippen LogP contribution in [0.2, 0.25) is 0 Å². The first kappa shape index (κ1) is 11.3. The smallest absolute Gasteiger partial charge is 0.216 e. The van der Waals surface area contributed by atoms with Gasteiger partial charge in [0.2, 0.25) is 5.78 Å². The van der Waals surface area contributed by atoms with Crippen molar-refractivity contribution in [3.05, 3.63) is 15.6 Å². The van der Waals surface area contributed by atoms with E-state index in [-0.39, 0.29) is 12.4 Å².